The van der Waals surface area contributed by atoms with Crippen molar-refractivity contribution in [3.63, 3.8) is 0 Å². The van der Waals surface area contributed by atoms with Crippen LogP contribution in [-0.2, 0) is 0 Å². The number of fused-ring (bicyclic) bond motifs is 1. The lowest BCUT2D eigenvalue weighted by atomic mass is 10.1. The van der Waals surface area contributed by atoms with E-state index in [2.05, 4.69) is 10.1 Å². The molecule has 0 unspecified atom stereocenters. The number of methoxy groups -OCH3 is 2. The quantitative estimate of drug-likeness (QED) is 0.787. The van der Waals surface area contributed by atoms with Crippen LogP contribution in [0.1, 0.15) is 0 Å². The van der Waals surface area contributed by atoms with Gasteiger partial charge in [0.1, 0.15) is 17.1 Å². The van der Waals surface area contributed by atoms with E-state index < -0.39 is 0 Å². The molecule has 102 valence electrons. The molecule has 0 bridgehead atoms. The first kappa shape index (κ1) is 12.3. The van der Waals surface area contributed by atoms with Gasteiger partial charge in [0.05, 0.1) is 31.7 Å². The summed E-state index contributed by atoms with van der Waals surface area (Å²) in [6.07, 6.45) is 1.57. The lowest BCUT2D eigenvalue weighted by molar-refractivity contribution is 0.397. The Hall–Kier alpha value is -2.76. The summed E-state index contributed by atoms with van der Waals surface area (Å²) in [7, 11) is 3.15. The van der Waals surface area contributed by atoms with E-state index in [4.69, 9.17) is 9.47 Å². The van der Waals surface area contributed by atoms with Crippen LogP contribution in [-0.4, -0.2) is 28.8 Å². The molecule has 20 heavy (non-hydrogen) atoms. The third-order valence-corrected chi connectivity index (χ3v) is 3.08. The zero-order valence-electron chi connectivity index (χ0n) is 11.1. The second kappa shape index (κ2) is 4.73. The predicted molar refractivity (Wildman–Crippen MR) is 74.4 cm³/mol. The monoisotopic (exact) mass is 271 g/mol. The first-order valence-electron chi connectivity index (χ1n) is 6.03. The van der Waals surface area contributed by atoms with Crippen LogP contribution in [0.5, 0.6) is 11.5 Å². The molecule has 0 radical (unpaired) electrons. The van der Waals surface area contributed by atoms with Crippen LogP contribution in [0.2, 0.25) is 0 Å². The molecule has 6 heteroatoms. The van der Waals surface area contributed by atoms with Crippen molar-refractivity contribution in [3.8, 4) is 22.8 Å². The van der Waals surface area contributed by atoms with Gasteiger partial charge in [-0.15, -0.1) is 0 Å². The smallest absolute Gasteiger partial charge is 0.274 e. The highest BCUT2D eigenvalue weighted by molar-refractivity contribution is 5.75. The van der Waals surface area contributed by atoms with Crippen LogP contribution in [0.3, 0.4) is 0 Å². The Balaban J connectivity index is 2.32. The largest absolute Gasteiger partial charge is 0.496 e. The maximum atomic E-state index is 12.0. The van der Waals surface area contributed by atoms with Gasteiger partial charge in [0.15, 0.2) is 0 Å². The van der Waals surface area contributed by atoms with Gasteiger partial charge in [0.25, 0.3) is 5.56 Å². The van der Waals surface area contributed by atoms with E-state index in [9.17, 15) is 4.79 Å². The van der Waals surface area contributed by atoms with Crippen LogP contribution < -0.4 is 15.0 Å². The van der Waals surface area contributed by atoms with Crippen molar-refractivity contribution in [1.82, 2.24) is 14.6 Å². The third kappa shape index (κ3) is 1.82. The van der Waals surface area contributed by atoms with Gasteiger partial charge in [-0.05, 0) is 12.1 Å². The molecule has 6 nitrogen and oxygen atoms in total. The van der Waals surface area contributed by atoms with Gasteiger partial charge in [-0.3, -0.25) is 4.79 Å². The molecule has 3 rings (SSSR count). The van der Waals surface area contributed by atoms with Crippen molar-refractivity contribution >= 4 is 5.65 Å². The molecule has 0 amide bonds. The second-order valence-corrected chi connectivity index (χ2v) is 4.19. The summed E-state index contributed by atoms with van der Waals surface area (Å²) in [5.41, 5.74) is 1.72. The van der Waals surface area contributed by atoms with Crippen molar-refractivity contribution in [2.45, 2.75) is 0 Å². The molecule has 1 aromatic carbocycles. The van der Waals surface area contributed by atoms with Crippen LogP contribution in [0, 0.1) is 0 Å². The Morgan fingerprint density at radius 3 is 2.50 bits per heavy atom. The first-order valence-corrected chi connectivity index (χ1v) is 6.03. The van der Waals surface area contributed by atoms with Gasteiger partial charge in [-0.2, -0.15) is 9.61 Å². The molecular formula is C14H13N3O3. The highest BCUT2D eigenvalue weighted by atomic mass is 16.5. The van der Waals surface area contributed by atoms with Crippen molar-refractivity contribution < 1.29 is 9.47 Å². The minimum absolute atomic E-state index is 0.216. The van der Waals surface area contributed by atoms with Gasteiger partial charge in [-0.1, -0.05) is 6.07 Å². The summed E-state index contributed by atoms with van der Waals surface area (Å²) in [4.78, 5) is 15.2. The van der Waals surface area contributed by atoms with Gasteiger partial charge in [0.2, 0.25) is 0 Å². The Kier molecular flexibility index (Phi) is 2.90. The van der Waals surface area contributed by atoms with Crippen LogP contribution in [0.4, 0.5) is 0 Å². The number of H-pyrrole nitrogens is 1. The van der Waals surface area contributed by atoms with Crippen LogP contribution in [0.25, 0.3) is 16.9 Å². The van der Waals surface area contributed by atoms with Gasteiger partial charge in [-0.25, -0.2) is 0 Å². The summed E-state index contributed by atoms with van der Waals surface area (Å²) in [5, 5.41) is 3.95. The number of rotatable bonds is 3. The molecule has 0 fully saturated rings. The Bertz CT molecular complexity index is 798. The number of aromatic nitrogens is 3. The fraction of sp³-hybridized carbons (Fsp3) is 0.143. The number of nitrogens with zero attached hydrogens (tertiary/aromatic N) is 2. The molecule has 3 aromatic rings. The number of hydrogen-bond donors (Lipinski definition) is 1. The van der Waals surface area contributed by atoms with E-state index >= 15 is 0 Å². The average Bonchev–Trinajstić information content (AvgIpc) is 2.95. The maximum absolute atomic E-state index is 12.0. The standard InChI is InChI=1S/C14H13N3O3/c1-19-10-4-3-5-11(20-2)14(10)9-8-13(18)17-12(16-9)6-7-15-17/h3-8,16H,1-2H3. The summed E-state index contributed by atoms with van der Waals surface area (Å²) >= 11 is 0. The normalized spacial score (nSPS) is 10.7. The molecule has 0 aliphatic rings. The lowest BCUT2D eigenvalue weighted by Crippen LogP contribution is -2.14. The van der Waals surface area contributed by atoms with E-state index in [-0.39, 0.29) is 5.56 Å². The van der Waals surface area contributed by atoms with E-state index in [1.807, 2.05) is 18.2 Å². The highest BCUT2D eigenvalue weighted by Crippen LogP contribution is 2.36. The van der Waals surface area contributed by atoms with Crippen molar-refractivity contribution in [1.29, 1.82) is 0 Å². The van der Waals surface area contributed by atoms with Crippen LogP contribution >= 0.6 is 0 Å². The summed E-state index contributed by atoms with van der Waals surface area (Å²) in [6.45, 7) is 0. The summed E-state index contributed by atoms with van der Waals surface area (Å²) < 4.78 is 12.0. The average molecular weight is 271 g/mol. The lowest BCUT2D eigenvalue weighted by Gasteiger charge is -2.13. The van der Waals surface area contributed by atoms with E-state index in [0.717, 1.165) is 0 Å². The summed E-state index contributed by atoms with van der Waals surface area (Å²) in [5.74, 6) is 1.26. The van der Waals surface area contributed by atoms with Crippen molar-refractivity contribution in [2.75, 3.05) is 14.2 Å². The number of hydrogen-bond acceptors (Lipinski definition) is 4. The SMILES string of the molecule is COc1cccc(OC)c1-c1cc(=O)n2nccc2[nH]1. The van der Waals surface area contributed by atoms with Crippen LogP contribution in [0.15, 0.2) is 41.3 Å². The Morgan fingerprint density at radius 1 is 1.15 bits per heavy atom. The maximum Gasteiger partial charge on any atom is 0.274 e. The number of benzene rings is 1. The van der Waals surface area contributed by atoms with Crippen molar-refractivity contribution in [2.24, 2.45) is 0 Å². The number of nitrogens with one attached hydrogen (secondary N) is 1. The number of aromatic amines is 1. The first-order chi connectivity index (χ1) is 9.74. The zero-order valence-corrected chi connectivity index (χ0v) is 11.1. The fourth-order valence-electron chi connectivity index (χ4n) is 2.18. The second-order valence-electron chi connectivity index (χ2n) is 4.19. The fourth-order valence-corrected chi connectivity index (χ4v) is 2.18. The molecule has 0 atom stereocenters. The van der Waals surface area contributed by atoms with Gasteiger partial charge in [0, 0.05) is 12.1 Å². The van der Waals surface area contributed by atoms with Crippen molar-refractivity contribution in [3.05, 3.63) is 46.9 Å². The van der Waals surface area contributed by atoms with E-state index in [1.54, 1.807) is 26.5 Å². The predicted octanol–water partition coefficient (Wildman–Crippen LogP) is 1.71. The minimum atomic E-state index is -0.216. The third-order valence-electron chi connectivity index (χ3n) is 3.08. The molecule has 0 saturated heterocycles. The molecule has 2 heterocycles. The molecule has 0 spiro atoms. The van der Waals surface area contributed by atoms with Gasteiger partial charge >= 0.3 is 0 Å². The highest BCUT2D eigenvalue weighted by Gasteiger charge is 2.14. The molecular weight excluding hydrogens is 258 g/mol. The Labute approximate surface area is 114 Å². The van der Waals surface area contributed by atoms with Gasteiger partial charge < -0.3 is 14.5 Å². The topological polar surface area (TPSA) is 68.6 Å². The molecule has 0 saturated carbocycles. The Morgan fingerprint density at radius 2 is 1.85 bits per heavy atom. The zero-order chi connectivity index (χ0) is 14.1. The molecule has 2 aromatic heterocycles. The summed E-state index contributed by atoms with van der Waals surface area (Å²) in [6, 6.07) is 8.66. The molecule has 0 aliphatic heterocycles. The van der Waals surface area contributed by atoms with E-state index in [0.29, 0.717) is 28.4 Å². The minimum Gasteiger partial charge on any atom is -0.496 e. The molecule has 1 N–H and O–H groups in total. The molecule has 0 aliphatic carbocycles. The van der Waals surface area contributed by atoms with E-state index in [1.165, 1.54) is 10.6 Å². The number of ether oxygens (including phenoxy) is 2.